The predicted molar refractivity (Wildman–Crippen MR) is 87.5 cm³/mol. The highest BCUT2D eigenvalue weighted by molar-refractivity contribution is 5.93. The van der Waals surface area contributed by atoms with Crippen molar-refractivity contribution < 1.29 is 9.42 Å². The minimum absolute atomic E-state index is 0.0740. The van der Waals surface area contributed by atoms with Crippen LogP contribution in [0.1, 0.15) is 52.9 Å². The molecule has 3 heterocycles. The number of H-pyrrole nitrogens is 1. The van der Waals surface area contributed by atoms with E-state index in [1.807, 2.05) is 17.0 Å². The first-order valence-electron chi connectivity index (χ1n) is 8.20. The first kappa shape index (κ1) is 14.9. The number of likely N-dealkylation sites (tertiary alicyclic amines) is 1. The van der Waals surface area contributed by atoms with Gasteiger partial charge in [-0.1, -0.05) is 11.2 Å². The van der Waals surface area contributed by atoms with Gasteiger partial charge in [-0.2, -0.15) is 0 Å². The molecule has 2 aromatic heterocycles. The standard InChI is InChI=1S/C17H19N5O2/c1-10-6-7-12-13(9-10)19-16(18-12)14-5-3-4-8-22(14)17(23)15-11(2)20-24-21-15/h6-7,9,14H,3-5,8H2,1-2H3,(H,18,19). The molecule has 1 N–H and O–H groups in total. The molecular formula is C17H19N5O2. The predicted octanol–water partition coefficient (Wildman–Crippen LogP) is 2.93. The molecule has 7 heteroatoms. The van der Waals surface area contributed by atoms with E-state index in [1.165, 1.54) is 5.56 Å². The van der Waals surface area contributed by atoms with Crippen molar-refractivity contribution in [1.29, 1.82) is 0 Å². The average Bonchev–Trinajstić information content (AvgIpc) is 3.19. The van der Waals surface area contributed by atoms with Crippen LogP contribution in [-0.4, -0.2) is 37.6 Å². The SMILES string of the molecule is Cc1ccc2nc(C3CCCCN3C(=O)c3nonc3C)[nH]c2c1. The maximum absolute atomic E-state index is 12.9. The number of carbonyl (C=O) groups is 1. The molecular weight excluding hydrogens is 306 g/mol. The maximum Gasteiger partial charge on any atom is 0.278 e. The van der Waals surface area contributed by atoms with Crippen LogP contribution in [0.25, 0.3) is 11.0 Å². The van der Waals surface area contributed by atoms with Crippen LogP contribution in [-0.2, 0) is 0 Å². The first-order valence-corrected chi connectivity index (χ1v) is 8.20. The highest BCUT2D eigenvalue weighted by atomic mass is 16.6. The second-order valence-electron chi connectivity index (χ2n) is 6.35. The summed E-state index contributed by atoms with van der Waals surface area (Å²) in [5, 5.41) is 7.48. The van der Waals surface area contributed by atoms with Gasteiger partial charge < -0.3 is 9.88 Å². The van der Waals surface area contributed by atoms with Crippen molar-refractivity contribution in [1.82, 2.24) is 25.2 Å². The van der Waals surface area contributed by atoms with E-state index in [0.717, 1.165) is 36.1 Å². The molecule has 1 fully saturated rings. The molecule has 124 valence electrons. The quantitative estimate of drug-likeness (QED) is 0.782. The van der Waals surface area contributed by atoms with Crippen molar-refractivity contribution in [2.75, 3.05) is 6.54 Å². The van der Waals surface area contributed by atoms with Crippen LogP contribution >= 0.6 is 0 Å². The van der Waals surface area contributed by atoms with Crippen molar-refractivity contribution in [3.05, 3.63) is 41.0 Å². The summed E-state index contributed by atoms with van der Waals surface area (Å²) in [7, 11) is 0. The third kappa shape index (κ3) is 2.46. The summed E-state index contributed by atoms with van der Waals surface area (Å²) in [5.41, 5.74) is 3.91. The van der Waals surface area contributed by atoms with Crippen molar-refractivity contribution in [3.8, 4) is 0 Å². The normalized spacial score (nSPS) is 18.2. The fraction of sp³-hybridized carbons (Fsp3) is 0.412. The van der Waals surface area contributed by atoms with E-state index in [2.05, 4.69) is 32.9 Å². The van der Waals surface area contributed by atoms with Gasteiger partial charge in [0.2, 0.25) is 0 Å². The lowest BCUT2D eigenvalue weighted by Crippen LogP contribution is -2.39. The molecule has 7 nitrogen and oxygen atoms in total. The van der Waals surface area contributed by atoms with Gasteiger partial charge in [0.15, 0.2) is 5.69 Å². The van der Waals surface area contributed by atoms with E-state index in [-0.39, 0.29) is 17.6 Å². The number of carbonyl (C=O) groups excluding carboxylic acids is 1. The number of aromatic amines is 1. The number of aromatic nitrogens is 4. The van der Waals surface area contributed by atoms with Crippen LogP contribution in [0, 0.1) is 13.8 Å². The Balaban J connectivity index is 1.70. The lowest BCUT2D eigenvalue weighted by molar-refractivity contribution is 0.0589. The van der Waals surface area contributed by atoms with E-state index in [1.54, 1.807) is 6.92 Å². The summed E-state index contributed by atoms with van der Waals surface area (Å²) in [5.74, 6) is 0.688. The van der Waals surface area contributed by atoms with Crippen molar-refractivity contribution in [3.63, 3.8) is 0 Å². The Labute approximate surface area is 139 Å². The smallest absolute Gasteiger partial charge is 0.278 e. The van der Waals surface area contributed by atoms with Gasteiger partial charge in [0.1, 0.15) is 11.5 Å². The molecule has 3 aromatic rings. The molecule has 0 saturated carbocycles. The van der Waals surface area contributed by atoms with Crippen LogP contribution in [0.2, 0.25) is 0 Å². The molecule has 0 spiro atoms. The molecule has 1 aliphatic rings. The zero-order valence-electron chi connectivity index (χ0n) is 13.7. The number of aryl methyl sites for hydroxylation is 2. The number of piperidine rings is 1. The molecule has 1 aromatic carbocycles. The number of rotatable bonds is 2. The molecule has 1 aliphatic heterocycles. The van der Waals surface area contributed by atoms with E-state index in [4.69, 9.17) is 4.98 Å². The lowest BCUT2D eigenvalue weighted by atomic mass is 10.0. The van der Waals surface area contributed by atoms with Crippen LogP contribution < -0.4 is 0 Å². The second-order valence-corrected chi connectivity index (χ2v) is 6.35. The van der Waals surface area contributed by atoms with Crippen LogP contribution in [0.5, 0.6) is 0 Å². The maximum atomic E-state index is 12.9. The van der Waals surface area contributed by atoms with Gasteiger partial charge in [-0.05, 0) is 56.0 Å². The van der Waals surface area contributed by atoms with Gasteiger partial charge >= 0.3 is 0 Å². The highest BCUT2D eigenvalue weighted by Crippen LogP contribution is 2.31. The number of benzene rings is 1. The second kappa shape index (κ2) is 5.74. The Morgan fingerprint density at radius 2 is 2.17 bits per heavy atom. The summed E-state index contributed by atoms with van der Waals surface area (Å²) < 4.78 is 4.69. The summed E-state index contributed by atoms with van der Waals surface area (Å²) >= 11 is 0. The molecule has 1 unspecified atom stereocenters. The van der Waals surface area contributed by atoms with E-state index < -0.39 is 0 Å². The van der Waals surface area contributed by atoms with Gasteiger partial charge in [0.25, 0.3) is 5.91 Å². The number of fused-ring (bicyclic) bond motifs is 1. The van der Waals surface area contributed by atoms with Gasteiger partial charge in [-0.15, -0.1) is 0 Å². The van der Waals surface area contributed by atoms with Gasteiger partial charge in [0.05, 0.1) is 17.1 Å². The Hall–Kier alpha value is -2.70. The van der Waals surface area contributed by atoms with Crippen molar-refractivity contribution >= 4 is 16.9 Å². The number of hydrogen-bond donors (Lipinski definition) is 1. The number of hydrogen-bond acceptors (Lipinski definition) is 5. The summed E-state index contributed by atoms with van der Waals surface area (Å²) in [4.78, 5) is 22.8. The summed E-state index contributed by atoms with van der Waals surface area (Å²) in [6, 6.07) is 6.05. The molecule has 4 rings (SSSR count). The number of nitrogens with one attached hydrogen (secondary N) is 1. The van der Waals surface area contributed by atoms with Gasteiger partial charge in [0, 0.05) is 6.54 Å². The molecule has 0 bridgehead atoms. The fourth-order valence-electron chi connectivity index (χ4n) is 3.32. The topological polar surface area (TPSA) is 87.9 Å². The monoisotopic (exact) mass is 325 g/mol. The zero-order chi connectivity index (χ0) is 16.7. The molecule has 1 amide bonds. The van der Waals surface area contributed by atoms with Gasteiger partial charge in [-0.3, -0.25) is 4.79 Å². The third-order valence-electron chi connectivity index (χ3n) is 4.59. The molecule has 24 heavy (non-hydrogen) atoms. The third-order valence-corrected chi connectivity index (χ3v) is 4.59. The van der Waals surface area contributed by atoms with E-state index in [0.29, 0.717) is 12.2 Å². The lowest BCUT2D eigenvalue weighted by Gasteiger charge is -2.34. The number of imidazole rings is 1. The van der Waals surface area contributed by atoms with Crippen LogP contribution in [0.15, 0.2) is 22.8 Å². The van der Waals surface area contributed by atoms with Gasteiger partial charge in [-0.25, -0.2) is 9.61 Å². The largest absolute Gasteiger partial charge is 0.340 e. The van der Waals surface area contributed by atoms with Crippen molar-refractivity contribution in [2.24, 2.45) is 0 Å². The fourth-order valence-corrected chi connectivity index (χ4v) is 3.32. The van der Waals surface area contributed by atoms with Crippen LogP contribution in [0.4, 0.5) is 0 Å². The Morgan fingerprint density at radius 1 is 1.29 bits per heavy atom. The molecule has 1 saturated heterocycles. The highest BCUT2D eigenvalue weighted by Gasteiger charge is 2.33. The summed E-state index contributed by atoms with van der Waals surface area (Å²) in [6.45, 7) is 4.47. The van der Waals surface area contributed by atoms with Crippen molar-refractivity contribution in [2.45, 2.75) is 39.2 Å². The van der Waals surface area contributed by atoms with E-state index in [9.17, 15) is 4.79 Å². The number of amides is 1. The van der Waals surface area contributed by atoms with E-state index >= 15 is 0 Å². The number of nitrogens with zero attached hydrogens (tertiary/aromatic N) is 4. The Bertz CT molecular complexity index is 897. The average molecular weight is 325 g/mol. The minimum atomic E-state index is -0.143. The first-order chi connectivity index (χ1) is 11.6. The Morgan fingerprint density at radius 3 is 2.96 bits per heavy atom. The molecule has 0 radical (unpaired) electrons. The molecule has 0 aliphatic carbocycles. The Kier molecular flexibility index (Phi) is 3.55. The summed E-state index contributed by atoms with van der Waals surface area (Å²) in [6.07, 6.45) is 2.93. The molecule has 1 atom stereocenters. The minimum Gasteiger partial charge on any atom is -0.340 e. The van der Waals surface area contributed by atoms with Crippen LogP contribution in [0.3, 0.4) is 0 Å². The zero-order valence-corrected chi connectivity index (χ0v) is 13.7.